The molecule has 1 aliphatic heterocycles. The Kier molecular flexibility index (Phi) is 3.93. The number of aliphatic hydroxyl groups excluding tert-OH is 1. The number of ether oxygens (including phenoxy) is 1. The summed E-state index contributed by atoms with van der Waals surface area (Å²) >= 11 is 0. The maximum Gasteiger partial charge on any atom is 0.257 e. The summed E-state index contributed by atoms with van der Waals surface area (Å²) in [5.74, 6) is 1.46. The van der Waals surface area contributed by atoms with Crippen LogP contribution in [-0.4, -0.2) is 69.3 Å². The summed E-state index contributed by atoms with van der Waals surface area (Å²) in [6, 6.07) is 1.80. The fourth-order valence-electron chi connectivity index (χ4n) is 2.11. The molecule has 1 atom stereocenters. The van der Waals surface area contributed by atoms with Crippen LogP contribution < -0.4 is 10.2 Å². The van der Waals surface area contributed by atoms with Gasteiger partial charge in [0.25, 0.3) is 5.95 Å². The highest BCUT2D eigenvalue weighted by Crippen LogP contribution is 2.16. The Morgan fingerprint density at radius 1 is 1.38 bits per heavy atom. The first-order valence-electron chi connectivity index (χ1n) is 6.71. The maximum atomic E-state index is 9.23. The van der Waals surface area contributed by atoms with E-state index in [1.807, 2.05) is 4.90 Å². The molecule has 1 unspecified atom stereocenters. The zero-order valence-electron chi connectivity index (χ0n) is 11.7. The Labute approximate surface area is 121 Å². The lowest BCUT2D eigenvalue weighted by molar-refractivity contribution is 0.00313. The zero-order valence-corrected chi connectivity index (χ0v) is 11.7. The molecule has 1 saturated heterocycles. The smallest absolute Gasteiger partial charge is 0.257 e. The predicted molar refractivity (Wildman–Crippen MR) is 75.5 cm³/mol. The molecule has 2 N–H and O–H groups in total. The van der Waals surface area contributed by atoms with Crippen LogP contribution in [0.4, 0.5) is 11.9 Å². The summed E-state index contributed by atoms with van der Waals surface area (Å²) in [7, 11) is 1.75. The first-order chi connectivity index (χ1) is 10.3. The number of morpholine rings is 1. The molecule has 9 heteroatoms. The molecule has 9 nitrogen and oxygen atoms in total. The molecule has 0 radical (unpaired) electrons. The van der Waals surface area contributed by atoms with Crippen molar-refractivity contribution in [2.75, 3.05) is 43.6 Å². The van der Waals surface area contributed by atoms with Gasteiger partial charge in [0.1, 0.15) is 0 Å². The van der Waals surface area contributed by atoms with Crippen LogP contribution in [0.3, 0.4) is 0 Å². The zero-order chi connectivity index (χ0) is 14.7. The highest BCUT2D eigenvalue weighted by atomic mass is 16.5. The summed E-state index contributed by atoms with van der Waals surface area (Å²) in [6.07, 6.45) is 3.22. The molecule has 0 spiro atoms. The molecule has 112 valence electrons. The number of hydrogen-bond acceptors (Lipinski definition) is 8. The van der Waals surface area contributed by atoms with Crippen LogP contribution >= 0.6 is 0 Å². The van der Waals surface area contributed by atoms with Crippen molar-refractivity contribution in [3.8, 4) is 5.95 Å². The second-order valence-corrected chi connectivity index (χ2v) is 4.58. The van der Waals surface area contributed by atoms with Gasteiger partial charge < -0.3 is 20.1 Å². The third-order valence-electron chi connectivity index (χ3n) is 3.17. The van der Waals surface area contributed by atoms with Crippen molar-refractivity contribution in [1.82, 2.24) is 24.7 Å². The van der Waals surface area contributed by atoms with Gasteiger partial charge in [-0.1, -0.05) is 0 Å². The van der Waals surface area contributed by atoms with E-state index in [-0.39, 0.29) is 12.7 Å². The molecule has 1 fully saturated rings. The van der Waals surface area contributed by atoms with E-state index < -0.39 is 0 Å². The molecule has 2 aromatic heterocycles. The molecule has 3 rings (SSSR count). The molecule has 21 heavy (non-hydrogen) atoms. The number of hydrogen-bond donors (Lipinski definition) is 2. The van der Waals surface area contributed by atoms with Gasteiger partial charge in [-0.25, -0.2) is 4.68 Å². The van der Waals surface area contributed by atoms with Crippen molar-refractivity contribution in [2.45, 2.75) is 6.10 Å². The summed E-state index contributed by atoms with van der Waals surface area (Å²) in [4.78, 5) is 15.1. The number of rotatable bonds is 4. The largest absolute Gasteiger partial charge is 0.394 e. The van der Waals surface area contributed by atoms with Gasteiger partial charge >= 0.3 is 0 Å². The van der Waals surface area contributed by atoms with E-state index in [4.69, 9.17) is 4.74 Å². The monoisotopic (exact) mass is 291 g/mol. The Morgan fingerprint density at radius 2 is 2.24 bits per heavy atom. The quantitative estimate of drug-likeness (QED) is 0.762. The highest BCUT2D eigenvalue weighted by Gasteiger charge is 2.23. The van der Waals surface area contributed by atoms with Gasteiger partial charge in [0.05, 0.1) is 19.3 Å². The number of anilines is 2. The van der Waals surface area contributed by atoms with Crippen molar-refractivity contribution in [3.63, 3.8) is 0 Å². The van der Waals surface area contributed by atoms with Crippen molar-refractivity contribution in [2.24, 2.45) is 0 Å². The second-order valence-electron chi connectivity index (χ2n) is 4.58. The maximum absolute atomic E-state index is 9.23. The molecule has 0 aromatic carbocycles. The van der Waals surface area contributed by atoms with E-state index in [1.165, 1.54) is 0 Å². The summed E-state index contributed by atoms with van der Waals surface area (Å²) in [5.41, 5.74) is 0. The predicted octanol–water partition coefficient (Wildman–Crippen LogP) is -0.703. The van der Waals surface area contributed by atoms with Gasteiger partial charge in [-0.3, -0.25) is 0 Å². The number of nitrogens with zero attached hydrogens (tertiary/aromatic N) is 6. The van der Waals surface area contributed by atoms with Gasteiger partial charge in [0.2, 0.25) is 11.9 Å². The van der Waals surface area contributed by atoms with E-state index >= 15 is 0 Å². The third-order valence-corrected chi connectivity index (χ3v) is 3.17. The minimum Gasteiger partial charge on any atom is -0.394 e. The summed E-state index contributed by atoms with van der Waals surface area (Å²) in [6.45, 7) is 1.72. The summed E-state index contributed by atoms with van der Waals surface area (Å²) in [5, 5.41) is 16.3. The third kappa shape index (κ3) is 2.93. The van der Waals surface area contributed by atoms with Gasteiger partial charge in [-0.2, -0.15) is 20.1 Å². The molecule has 3 heterocycles. The van der Waals surface area contributed by atoms with Crippen LogP contribution in [0.5, 0.6) is 0 Å². The molecule has 2 aromatic rings. The lowest BCUT2D eigenvalue weighted by atomic mass is 10.3. The highest BCUT2D eigenvalue weighted by molar-refractivity contribution is 5.40. The molecule has 0 bridgehead atoms. The minimum atomic E-state index is -0.221. The van der Waals surface area contributed by atoms with Gasteiger partial charge in [0, 0.05) is 32.5 Å². The van der Waals surface area contributed by atoms with Crippen LogP contribution in [0.25, 0.3) is 5.95 Å². The van der Waals surface area contributed by atoms with Gasteiger partial charge in [0.15, 0.2) is 0 Å². The molecule has 0 saturated carbocycles. The average Bonchev–Trinajstić information content (AvgIpc) is 3.09. The standard InChI is InChI=1S/C12H17N7O2/c1-13-10-15-11(18-5-6-21-9(7-18)8-20)17-12(16-10)19-4-2-3-14-19/h2-4,9,20H,5-8H2,1H3,(H,13,15,16,17). The molecular formula is C12H17N7O2. The van der Waals surface area contributed by atoms with Crippen LogP contribution in [-0.2, 0) is 4.74 Å². The number of nitrogens with one attached hydrogen (secondary N) is 1. The molecule has 1 aliphatic rings. The van der Waals surface area contributed by atoms with Crippen molar-refractivity contribution in [1.29, 1.82) is 0 Å². The molecule has 0 aliphatic carbocycles. The second kappa shape index (κ2) is 6.02. The normalized spacial score (nSPS) is 18.8. The van der Waals surface area contributed by atoms with Crippen molar-refractivity contribution in [3.05, 3.63) is 18.5 Å². The van der Waals surface area contributed by atoms with Crippen LogP contribution in [0.2, 0.25) is 0 Å². The lowest BCUT2D eigenvalue weighted by Crippen LogP contribution is -2.45. The van der Waals surface area contributed by atoms with Crippen molar-refractivity contribution >= 4 is 11.9 Å². The van der Waals surface area contributed by atoms with Gasteiger partial charge in [-0.15, -0.1) is 0 Å². The lowest BCUT2D eigenvalue weighted by Gasteiger charge is -2.32. The Balaban J connectivity index is 1.92. The SMILES string of the molecule is CNc1nc(N2CCOC(CO)C2)nc(-n2cccn2)n1. The van der Waals surface area contributed by atoms with E-state index in [0.29, 0.717) is 37.5 Å². The number of aliphatic hydroxyl groups is 1. The average molecular weight is 291 g/mol. The van der Waals surface area contributed by atoms with E-state index in [0.717, 1.165) is 0 Å². The van der Waals surface area contributed by atoms with E-state index in [1.54, 1.807) is 30.2 Å². The van der Waals surface area contributed by atoms with Crippen molar-refractivity contribution < 1.29 is 9.84 Å². The number of aromatic nitrogens is 5. The van der Waals surface area contributed by atoms with Crippen LogP contribution in [0.15, 0.2) is 18.5 Å². The minimum absolute atomic E-state index is 0.0213. The van der Waals surface area contributed by atoms with E-state index in [2.05, 4.69) is 25.4 Å². The first-order valence-corrected chi connectivity index (χ1v) is 6.71. The Bertz CT molecular complexity index is 589. The Morgan fingerprint density at radius 3 is 2.95 bits per heavy atom. The van der Waals surface area contributed by atoms with Gasteiger partial charge in [-0.05, 0) is 6.07 Å². The summed E-state index contributed by atoms with van der Waals surface area (Å²) < 4.78 is 7.02. The first kappa shape index (κ1) is 13.7. The fourth-order valence-corrected chi connectivity index (χ4v) is 2.11. The molecule has 0 amide bonds. The molecular weight excluding hydrogens is 274 g/mol. The van der Waals surface area contributed by atoms with E-state index in [9.17, 15) is 5.11 Å². The topological polar surface area (TPSA) is 101 Å². The Hall–Kier alpha value is -2.26. The van der Waals surface area contributed by atoms with Crippen LogP contribution in [0.1, 0.15) is 0 Å². The van der Waals surface area contributed by atoms with Crippen LogP contribution in [0, 0.1) is 0 Å². The fraction of sp³-hybridized carbons (Fsp3) is 0.500.